The fourth-order valence-corrected chi connectivity index (χ4v) is 3.27. The number of morpholine rings is 1. The molecule has 0 N–H and O–H groups in total. The van der Waals surface area contributed by atoms with Crippen LogP contribution in [-0.2, 0) is 4.74 Å². The molecular formula is C11H16N2O. The van der Waals surface area contributed by atoms with Crippen LogP contribution in [0.25, 0.3) is 0 Å². The SMILES string of the molecule is N#CC1(N2C3CCC2COC3)CCC1. The van der Waals surface area contributed by atoms with E-state index < -0.39 is 0 Å². The predicted molar refractivity (Wildman–Crippen MR) is 51.7 cm³/mol. The molecule has 1 aliphatic carbocycles. The molecule has 1 saturated carbocycles. The number of ether oxygens (including phenoxy) is 1. The largest absolute Gasteiger partial charge is 0.378 e. The van der Waals surface area contributed by atoms with Crippen molar-refractivity contribution < 1.29 is 4.74 Å². The summed E-state index contributed by atoms with van der Waals surface area (Å²) < 4.78 is 5.54. The normalized spacial score (nSPS) is 40.2. The van der Waals surface area contributed by atoms with E-state index in [1.807, 2.05) is 0 Å². The number of nitriles is 1. The molecule has 2 aliphatic heterocycles. The van der Waals surface area contributed by atoms with Crippen LogP contribution in [-0.4, -0.2) is 35.7 Å². The van der Waals surface area contributed by atoms with Gasteiger partial charge in [-0.25, -0.2) is 0 Å². The van der Waals surface area contributed by atoms with E-state index in [0.29, 0.717) is 12.1 Å². The summed E-state index contributed by atoms with van der Waals surface area (Å²) in [6.07, 6.45) is 5.85. The van der Waals surface area contributed by atoms with Crippen molar-refractivity contribution in [3.8, 4) is 6.07 Å². The number of rotatable bonds is 1. The van der Waals surface area contributed by atoms with Gasteiger partial charge in [0.1, 0.15) is 5.54 Å². The first-order chi connectivity index (χ1) is 6.86. The maximum absolute atomic E-state index is 9.32. The van der Waals surface area contributed by atoms with Crippen LogP contribution < -0.4 is 0 Å². The van der Waals surface area contributed by atoms with Crippen molar-refractivity contribution in [1.29, 1.82) is 5.26 Å². The average molecular weight is 192 g/mol. The summed E-state index contributed by atoms with van der Waals surface area (Å²) in [5, 5.41) is 9.32. The van der Waals surface area contributed by atoms with Gasteiger partial charge in [0.05, 0.1) is 19.3 Å². The molecule has 3 rings (SSSR count). The zero-order valence-corrected chi connectivity index (χ0v) is 8.41. The van der Waals surface area contributed by atoms with E-state index in [0.717, 1.165) is 26.1 Å². The van der Waals surface area contributed by atoms with E-state index in [1.165, 1.54) is 19.3 Å². The quantitative estimate of drug-likeness (QED) is 0.628. The van der Waals surface area contributed by atoms with Crippen molar-refractivity contribution in [2.24, 2.45) is 0 Å². The molecule has 76 valence electrons. The summed E-state index contributed by atoms with van der Waals surface area (Å²) in [5.41, 5.74) is -0.102. The molecule has 0 radical (unpaired) electrons. The van der Waals surface area contributed by atoms with Gasteiger partial charge in [-0.1, -0.05) is 0 Å². The molecule has 0 aromatic heterocycles. The van der Waals surface area contributed by atoms with Crippen LogP contribution in [0.2, 0.25) is 0 Å². The van der Waals surface area contributed by atoms with E-state index in [2.05, 4.69) is 11.0 Å². The lowest BCUT2D eigenvalue weighted by Crippen LogP contribution is -2.61. The van der Waals surface area contributed by atoms with E-state index >= 15 is 0 Å². The first-order valence-electron chi connectivity index (χ1n) is 5.63. The maximum atomic E-state index is 9.32. The Bertz CT molecular complexity index is 264. The minimum atomic E-state index is -0.102. The topological polar surface area (TPSA) is 36.3 Å². The second kappa shape index (κ2) is 2.95. The van der Waals surface area contributed by atoms with Crippen molar-refractivity contribution in [1.82, 2.24) is 4.90 Å². The molecule has 14 heavy (non-hydrogen) atoms. The van der Waals surface area contributed by atoms with Crippen molar-refractivity contribution in [2.45, 2.75) is 49.7 Å². The van der Waals surface area contributed by atoms with Crippen LogP contribution in [0, 0.1) is 11.3 Å². The van der Waals surface area contributed by atoms with Gasteiger partial charge in [0.2, 0.25) is 0 Å². The van der Waals surface area contributed by atoms with Crippen molar-refractivity contribution >= 4 is 0 Å². The second-order valence-corrected chi connectivity index (χ2v) is 4.83. The van der Waals surface area contributed by atoms with Crippen LogP contribution in [0.1, 0.15) is 32.1 Å². The Morgan fingerprint density at radius 3 is 2.29 bits per heavy atom. The van der Waals surface area contributed by atoms with Gasteiger partial charge in [-0.3, -0.25) is 4.90 Å². The molecular weight excluding hydrogens is 176 g/mol. The van der Waals surface area contributed by atoms with Gasteiger partial charge < -0.3 is 4.74 Å². The third-order valence-electron chi connectivity index (χ3n) is 4.12. The van der Waals surface area contributed by atoms with Gasteiger partial charge in [-0.05, 0) is 32.1 Å². The van der Waals surface area contributed by atoms with Crippen LogP contribution in [0.3, 0.4) is 0 Å². The Morgan fingerprint density at radius 2 is 1.86 bits per heavy atom. The number of hydrogen-bond donors (Lipinski definition) is 0. The molecule has 0 spiro atoms. The van der Waals surface area contributed by atoms with E-state index in [4.69, 9.17) is 4.74 Å². The van der Waals surface area contributed by atoms with Crippen LogP contribution in [0.15, 0.2) is 0 Å². The van der Waals surface area contributed by atoms with Gasteiger partial charge >= 0.3 is 0 Å². The summed E-state index contributed by atoms with van der Waals surface area (Å²) in [6, 6.07) is 3.63. The van der Waals surface area contributed by atoms with Gasteiger partial charge in [0, 0.05) is 12.1 Å². The molecule has 3 aliphatic rings. The third kappa shape index (κ3) is 0.986. The van der Waals surface area contributed by atoms with E-state index in [9.17, 15) is 5.26 Å². The van der Waals surface area contributed by atoms with Crippen LogP contribution in [0.4, 0.5) is 0 Å². The van der Waals surface area contributed by atoms with Crippen molar-refractivity contribution in [2.75, 3.05) is 13.2 Å². The number of hydrogen-bond acceptors (Lipinski definition) is 3. The Balaban J connectivity index is 1.87. The summed E-state index contributed by atoms with van der Waals surface area (Å²) >= 11 is 0. The Morgan fingerprint density at radius 1 is 1.21 bits per heavy atom. The van der Waals surface area contributed by atoms with Crippen molar-refractivity contribution in [3.63, 3.8) is 0 Å². The lowest BCUT2D eigenvalue weighted by atomic mass is 9.75. The smallest absolute Gasteiger partial charge is 0.109 e. The first-order valence-corrected chi connectivity index (χ1v) is 5.63. The highest BCUT2D eigenvalue weighted by Crippen LogP contribution is 2.45. The second-order valence-electron chi connectivity index (χ2n) is 4.83. The summed E-state index contributed by atoms with van der Waals surface area (Å²) in [5.74, 6) is 0. The van der Waals surface area contributed by atoms with Crippen molar-refractivity contribution in [3.05, 3.63) is 0 Å². The Labute approximate surface area is 84.6 Å². The molecule has 0 aromatic carbocycles. The molecule has 2 heterocycles. The number of nitrogens with zero attached hydrogens (tertiary/aromatic N) is 2. The fraction of sp³-hybridized carbons (Fsp3) is 0.909. The molecule has 2 saturated heterocycles. The predicted octanol–water partition coefficient (Wildman–Crippen LogP) is 1.30. The summed E-state index contributed by atoms with van der Waals surface area (Å²) in [6.45, 7) is 1.69. The Hall–Kier alpha value is -0.590. The lowest BCUT2D eigenvalue weighted by Gasteiger charge is -2.50. The zero-order valence-electron chi connectivity index (χ0n) is 8.41. The lowest BCUT2D eigenvalue weighted by molar-refractivity contribution is -0.0781. The first kappa shape index (κ1) is 8.70. The minimum Gasteiger partial charge on any atom is -0.378 e. The molecule has 0 aromatic rings. The highest BCUT2D eigenvalue weighted by molar-refractivity contribution is 5.18. The molecule has 3 fully saturated rings. The van der Waals surface area contributed by atoms with E-state index in [1.54, 1.807) is 0 Å². The zero-order chi connectivity index (χ0) is 9.60. The minimum absolute atomic E-state index is 0.102. The molecule has 3 nitrogen and oxygen atoms in total. The molecule has 2 bridgehead atoms. The molecule has 0 amide bonds. The van der Waals surface area contributed by atoms with Gasteiger partial charge in [-0.15, -0.1) is 0 Å². The van der Waals surface area contributed by atoms with E-state index in [-0.39, 0.29) is 5.54 Å². The van der Waals surface area contributed by atoms with Gasteiger partial charge in [-0.2, -0.15) is 5.26 Å². The Kier molecular flexibility index (Phi) is 1.83. The summed E-state index contributed by atoms with van der Waals surface area (Å²) in [4.78, 5) is 2.49. The van der Waals surface area contributed by atoms with Gasteiger partial charge in [0.15, 0.2) is 0 Å². The average Bonchev–Trinajstić information content (AvgIpc) is 2.41. The fourth-order valence-electron chi connectivity index (χ4n) is 3.27. The van der Waals surface area contributed by atoms with Crippen LogP contribution >= 0.6 is 0 Å². The highest BCUT2D eigenvalue weighted by atomic mass is 16.5. The number of fused-ring (bicyclic) bond motifs is 2. The highest BCUT2D eigenvalue weighted by Gasteiger charge is 2.52. The molecule has 2 atom stereocenters. The molecule has 3 heteroatoms. The van der Waals surface area contributed by atoms with Gasteiger partial charge in [0.25, 0.3) is 0 Å². The standard InChI is InChI=1S/C11H16N2O/c12-8-11(4-1-5-11)13-9-2-3-10(13)7-14-6-9/h9-10H,1-7H2. The third-order valence-corrected chi connectivity index (χ3v) is 4.12. The monoisotopic (exact) mass is 192 g/mol. The maximum Gasteiger partial charge on any atom is 0.109 e. The summed E-state index contributed by atoms with van der Waals surface area (Å²) in [7, 11) is 0. The van der Waals surface area contributed by atoms with Crippen LogP contribution in [0.5, 0.6) is 0 Å². The molecule has 2 unspecified atom stereocenters.